The van der Waals surface area contributed by atoms with Crippen LogP contribution in [-0.2, 0) is 9.84 Å². The van der Waals surface area contributed by atoms with E-state index in [1.807, 2.05) is 12.1 Å². The molecule has 0 aliphatic carbocycles. The highest BCUT2D eigenvalue weighted by Crippen LogP contribution is 2.31. The predicted molar refractivity (Wildman–Crippen MR) is 86.2 cm³/mol. The van der Waals surface area contributed by atoms with Crippen LogP contribution in [0.3, 0.4) is 0 Å². The van der Waals surface area contributed by atoms with Crippen LogP contribution in [0.25, 0.3) is 0 Å². The first-order valence-electron chi connectivity index (χ1n) is 7.68. The molecule has 0 aromatic heterocycles. The Morgan fingerprint density at radius 2 is 1.76 bits per heavy atom. The van der Waals surface area contributed by atoms with Gasteiger partial charge in [-0.05, 0) is 23.6 Å². The van der Waals surface area contributed by atoms with Crippen molar-refractivity contribution in [3.63, 3.8) is 0 Å². The molecule has 5 heteroatoms. The maximum atomic E-state index is 11.6. The molecule has 1 N–H and O–H groups in total. The van der Waals surface area contributed by atoms with Gasteiger partial charge in [-0.3, -0.25) is 4.90 Å². The maximum absolute atomic E-state index is 11.6. The van der Waals surface area contributed by atoms with Gasteiger partial charge in [0, 0.05) is 38.5 Å². The number of nitrogens with zero attached hydrogens (tertiary/aromatic N) is 1. The summed E-state index contributed by atoms with van der Waals surface area (Å²) in [7, 11) is -3.12. The molecule has 0 spiro atoms. The Labute approximate surface area is 128 Å². The quantitative estimate of drug-likeness (QED) is 0.905. The van der Waals surface area contributed by atoms with Crippen molar-refractivity contribution >= 4 is 9.84 Å². The highest BCUT2D eigenvalue weighted by atomic mass is 32.2. The molecule has 1 aliphatic rings. The monoisotopic (exact) mass is 310 g/mol. The normalized spacial score (nSPS) is 20.1. The van der Waals surface area contributed by atoms with E-state index in [0.717, 1.165) is 32.6 Å². The van der Waals surface area contributed by atoms with Crippen molar-refractivity contribution in [1.29, 1.82) is 0 Å². The van der Waals surface area contributed by atoms with Gasteiger partial charge in [-0.15, -0.1) is 0 Å². The Hall–Kier alpha value is -0.910. The van der Waals surface area contributed by atoms with E-state index in [4.69, 9.17) is 0 Å². The van der Waals surface area contributed by atoms with Crippen LogP contribution in [0.5, 0.6) is 0 Å². The van der Waals surface area contributed by atoms with Crippen molar-refractivity contribution in [3.8, 4) is 0 Å². The summed E-state index contributed by atoms with van der Waals surface area (Å²) in [4.78, 5) is 2.91. The molecule has 4 nitrogen and oxygen atoms in total. The Morgan fingerprint density at radius 1 is 1.19 bits per heavy atom. The minimum Gasteiger partial charge on any atom is -0.314 e. The molecule has 1 saturated heterocycles. The van der Waals surface area contributed by atoms with Gasteiger partial charge >= 0.3 is 0 Å². The standard InChI is InChI=1S/C16H26N2O2S/c1-4-13(2)16(18-11-9-17-10-12-18)14-5-7-15(8-6-14)21(3,19)20/h5-8,13,16-17H,4,9-12H2,1-3H3/t13?,16-/m0/s1. The topological polar surface area (TPSA) is 49.4 Å². The molecule has 21 heavy (non-hydrogen) atoms. The van der Waals surface area contributed by atoms with Gasteiger partial charge in [0.2, 0.25) is 0 Å². The van der Waals surface area contributed by atoms with Crippen LogP contribution in [-0.4, -0.2) is 45.8 Å². The molecule has 0 saturated carbocycles. The van der Waals surface area contributed by atoms with Crippen LogP contribution in [0.2, 0.25) is 0 Å². The van der Waals surface area contributed by atoms with Gasteiger partial charge in [-0.1, -0.05) is 32.4 Å². The van der Waals surface area contributed by atoms with Crippen molar-refractivity contribution in [3.05, 3.63) is 29.8 Å². The van der Waals surface area contributed by atoms with Crippen molar-refractivity contribution in [2.45, 2.75) is 31.2 Å². The van der Waals surface area contributed by atoms with E-state index in [1.165, 1.54) is 11.8 Å². The fraction of sp³-hybridized carbons (Fsp3) is 0.625. The van der Waals surface area contributed by atoms with Gasteiger partial charge < -0.3 is 5.32 Å². The number of sulfone groups is 1. The van der Waals surface area contributed by atoms with Gasteiger partial charge in [0.1, 0.15) is 0 Å². The zero-order valence-electron chi connectivity index (χ0n) is 13.2. The zero-order valence-corrected chi connectivity index (χ0v) is 14.0. The second-order valence-electron chi connectivity index (χ2n) is 5.96. The first-order valence-corrected chi connectivity index (χ1v) is 9.57. The zero-order chi connectivity index (χ0) is 15.5. The molecule has 118 valence electrons. The van der Waals surface area contributed by atoms with Crippen LogP contribution < -0.4 is 5.32 Å². The fourth-order valence-corrected chi connectivity index (χ4v) is 3.63. The fourth-order valence-electron chi connectivity index (χ4n) is 3.00. The molecular formula is C16H26N2O2S. The van der Waals surface area contributed by atoms with Crippen LogP contribution >= 0.6 is 0 Å². The smallest absolute Gasteiger partial charge is 0.175 e. The lowest BCUT2D eigenvalue weighted by Gasteiger charge is -2.38. The molecule has 1 aromatic rings. The lowest BCUT2D eigenvalue weighted by molar-refractivity contribution is 0.128. The summed E-state index contributed by atoms with van der Waals surface area (Å²) in [5, 5.41) is 3.39. The maximum Gasteiger partial charge on any atom is 0.175 e. The average Bonchev–Trinajstić information content (AvgIpc) is 2.48. The molecule has 0 amide bonds. The third-order valence-electron chi connectivity index (χ3n) is 4.38. The number of hydrogen-bond donors (Lipinski definition) is 1. The lowest BCUT2D eigenvalue weighted by atomic mass is 9.90. The minimum absolute atomic E-state index is 0.366. The molecular weight excluding hydrogens is 284 g/mol. The highest BCUT2D eigenvalue weighted by molar-refractivity contribution is 7.90. The van der Waals surface area contributed by atoms with E-state index < -0.39 is 9.84 Å². The van der Waals surface area contributed by atoms with E-state index in [-0.39, 0.29) is 0 Å². The molecule has 1 aliphatic heterocycles. The van der Waals surface area contributed by atoms with Crippen molar-refractivity contribution < 1.29 is 8.42 Å². The molecule has 0 radical (unpaired) electrons. The summed E-state index contributed by atoms with van der Waals surface area (Å²) >= 11 is 0. The third-order valence-corrected chi connectivity index (χ3v) is 5.51. The molecule has 1 heterocycles. The third kappa shape index (κ3) is 4.05. The van der Waals surface area contributed by atoms with Crippen molar-refractivity contribution in [2.75, 3.05) is 32.4 Å². The number of piperazine rings is 1. The summed E-state index contributed by atoms with van der Waals surface area (Å²) in [5.41, 5.74) is 1.22. The molecule has 1 fully saturated rings. The summed E-state index contributed by atoms with van der Waals surface area (Å²) in [6, 6.07) is 7.81. The van der Waals surface area contributed by atoms with Gasteiger partial charge in [0.05, 0.1) is 4.90 Å². The first kappa shape index (κ1) is 16.5. The summed E-state index contributed by atoms with van der Waals surface area (Å²) in [5.74, 6) is 0.548. The molecule has 2 rings (SSSR count). The van der Waals surface area contributed by atoms with Crippen LogP contribution in [0.15, 0.2) is 29.2 Å². The van der Waals surface area contributed by atoms with E-state index in [9.17, 15) is 8.42 Å². The van der Waals surface area contributed by atoms with E-state index >= 15 is 0 Å². The predicted octanol–water partition coefficient (Wildman–Crippen LogP) is 2.08. The van der Waals surface area contributed by atoms with Gasteiger partial charge in [0.15, 0.2) is 9.84 Å². The van der Waals surface area contributed by atoms with Gasteiger partial charge in [-0.25, -0.2) is 8.42 Å². The highest BCUT2D eigenvalue weighted by Gasteiger charge is 2.26. The summed E-state index contributed by atoms with van der Waals surface area (Å²) in [6.45, 7) is 8.62. The van der Waals surface area contributed by atoms with Crippen LogP contribution in [0.4, 0.5) is 0 Å². The first-order chi connectivity index (χ1) is 9.93. The van der Waals surface area contributed by atoms with E-state index in [0.29, 0.717) is 16.9 Å². The SMILES string of the molecule is CCC(C)[C@@H](c1ccc(S(C)(=O)=O)cc1)N1CCNCC1. The number of benzene rings is 1. The second-order valence-corrected chi connectivity index (χ2v) is 7.97. The molecule has 1 aromatic carbocycles. The Kier molecular flexibility index (Phi) is 5.41. The molecule has 0 bridgehead atoms. The van der Waals surface area contributed by atoms with E-state index in [2.05, 4.69) is 24.1 Å². The minimum atomic E-state index is -3.12. The van der Waals surface area contributed by atoms with E-state index in [1.54, 1.807) is 12.1 Å². The molecule has 2 atom stereocenters. The summed E-state index contributed by atoms with van der Waals surface area (Å²) < 4.78 is 23.2. The number of rotatable bonds is 5. The lowest BCUT2D eigenvalue weighted by Crippen LogP contribution is -2.46. The number of nitrogens with one attached hydrogen (secondary N) is 1. The summed E-state index contributed by atoms with van der Waals surface area (Å²) in [6.07, 6.45) is 2.37. The van der Waals surface area contributed by atoms with Crippen molar-refractivity contribution in [2.24, 2.45) is 5.92 Å². The Morgan fingerprint density at radius 3 is 2.24 bits per heavy atom. The Bertz CT molecular complexity index is 548. The van der Waals surface area contributed by atoms with Crippen LogP contribution in [0, 0.1) is 5.92 Å². The second kappa shape index (κ2) is 6.90. The van der Waals surface area contributed by atoms with Crippen LogP contribution in [0.1, 0.15) is 31.9 Å². The number of hydrogen-bond acceptors (Lipinski definition) is 4. The van der Waals surface area contributed by atoms with Crippen molar-refractivity contribution in [1.82, 2.24) is 10.2 Å². The van der Waals surface area contributed by atoms with Gasteiger partial charge in [-0.2, -0.15) is 0 Å². The largest absolute Gasteiger partial charge is 0.314 e. The molecule has 1 unspecified atom stereocenters. The average molecular weight is 310 g/mol. The Balaban J connectivity index is 2.28. The van der Waals surface area contributed by atoms with Gasteiger partial charge in [0.25, 0.3) is 0 Å².